The van der Waals surface area contributed by atoms with Gasteiger partial charge in [0.2, 0.25) is 0 Å². The summed E-state index contributed by atoms with van der Waals surface area (Å²) in [5.74, 6) is 0. The molecular formula is C17H26N2O2. The molecular weight excluding hydrogens is 264 g/mol. The van der Waals surface area contributed by atoms with Gasteiger partial charge in [-0.1, -0.05) is 44.4 Å². The molecule has 0 N–H and O–H groups in total. The van der Waals surface area contributed by atoms with Crippen molar-refractivity contribution in [3.63, 3.8) is 0 Å². The number of unbranched alkanes of at least 4 members (excludes halogenated alkanes) is 3. The van der Waals surface area contributed by atoms with Crippen molar-refractivity contribution >= 4 is 11.8 Å². The summed E-state index contributed by atoms with van der Waals surface area (Å²) >= 11 is 0. The first-order valence-corrected chi connectivity index (χ1v) is 8.03. The lowest BCUT2D eigenvalue weighted by Crippen LogP contribution is -2.49. The highest BCUT2D eigenvalue weighted by Gasteiger charge is 2.21. The molecule has 116 valence electrons. The van der Waals surface area contributed by atoms with E-state index in [-0.39, 0.29) is 6.09 Å². The SMILES string of the molecule is CCCCCCOC(=O)N1CCN(c2ccccc2)CC1. The summed E-state index contributed by atoms with van der Waals surface area (Å²) in [4.78, 5) is 16.1. The molecule has 0 aromatic heterocycles. The summed E-state index contributed by atoms with van der Waals surface area (Å²) in [6, 6.07) is 10.3. The first-order chi connectivity index (χ1) is 10.3. The van der Waals surface area contributed by atoms with E-state index in [0.717, 1.165) is 39.0 Å². The third-order valence-corrected chi connectivity index (χ3v) is 3.88. The first kappa shape index (κ1) is 15.7. The number of hydrogen-bond acceptors (Lipinski definition) is 3. The van der Waals surface area contributed by atoms with E-state index >= 15 is 0 Å². The lowest BCUT2D eigenvalue weighted by Gasteiger charge is -2.35. The van der Waals surface area contributed by atoms with Crippen molar-refractivity contribution < 1.29 is 9.53 Å². The molecule has 1 aliphatic heterocycles. The minimum Gasteiger partial charge on any atom is -0.449 e. The van der Waals surface area contributed by atoms with Crippen molar-refractivity contribution in [1.82, 2.24) is 4.90 Å². The van der Waals surface area contributed by atoms with Crippen LogP contribution < -0.4 is 4.90 Å². The number of carbonyl (C=O) groups excluding carboxylic acids is 1. The van der Waals surface area contributed by atoms with E-state index in [0.29, 0.717) is 6.61 Å². The molecule has 1 heterocycles. The van der Waals surface area contributed by atoms with Crippen molar-refractivity contribution in [3.8, 4) is 0 Å². The second kappa shape index (κ2) is 8.55. The second-order valence-electron chi connectivity index (χ2n) is 5.48. The number of para-hydroxylation sites is 1. The fraction of sp³-hybridized carbons (Fsp3) is 0.588. The van der Waals surface area contributed by atoms with Gasteiger partial charge in [-0.15, -0.1) is 0 Å². The Bertz CT molecular complexity index is 414. The average Bonchev–Trinajstić information content (AvgIpc) is 2.55. The number of amides is 1. The molecule has 1 aliphatic rings. The number of carbonyl (C=O) groups is 1. The third kappa shape index (κ3) is 4.96. The topological polar surface area (TPSA) is 32.8 Å². The van der Waals surface area contributed by atoms with Crippen LogP contribution >= 0.6 is 0 Å². The van der Waals surface area contributed by atoms with Crippen LogP contribution in [0.4, 0.5) is 10.5 Å². The number of nitrogens with zero attached hydrogens (tertiary/aromatic N) is 2. The van der Waals surface area contributed by atoms with E-state index in [1.807, 2.05) is 23.1 Å². The minimum absolute atomic E-state index is 0.154. The zero-order valence-corrected chi connectivity index (χ0v) is 13.0. The van der Waals surface area contributed by atoms with E-state index in [2.05, 4.69) is 24.0 Å². The number of anilines is 1. The molecule has 0 spiro atoms. The van der Waals surface area contributed by atoms with Crippen LogP contribution in [0, 0.1) is 0 Å². The molecule has 1 fully saturated rings. The molecule has 2 rings (SSSR count). The summed E-state index contributed by atoms with van der Waals surface area (Å²) < 4.78 is 5.34. The van der Waals surface area contributed by atoms with E-state index in [1.165, 1.54) is 18.5 Å². The molecule has 1 aromatic rings. The van der Waals surface area contributed by atoms with Gasteiger partial charge < -0.3 is 14.5 Å². The second-order valence-corrected chi connectivity index (χ2v) is 5.48. The summed E-state index contributed by atoms with van der Waals surface area (Å²) in [6.07, 6.45) is 4.39. The number of hydrogen-bond donors (Lipinski definition) is 0. The van der Waals surface area contributed by atoms with Gasteiger partial charge in [-0.05, 0) is 18.6 Å². The zero-order chi connectivity index (χ0) is 14.9. The fourth-order valence-electron chi connectivity index (χ4n) is 2.57. The van der Waals surface area contributed by atoms with E-state index in [4.69, 9.17) is 4.74 Å². The van der Waals surface area contributed by atoms with Crippen LogP contribution in [-0.4, -0.2) is 43.8 Å². The first-order valence-electron chi connectivity index (χ1n) is 8.03. The van der Waals surface area contributed by atoms with Crippen LogP contribution in [0.1, 0.15) is 32.6 Å². The number of ether oxygens (including phenoxy) is 1. The molecule has 4 nitrogen and oxygen atoms in total. The summed E-state index contributed by atoms with van der Waals surface area (Å²) in [7, 11) is 0. The highest BCUT2D eigenvalue weighted by Crippen LogP contribution is 2.15. The molecule has 21 heavy (non-hydrogen) atoms. The van der Waals surface area contributed by atoms with Gasteiger partial charge >= 0.3 is 6.09 Å². The van der Waals surface area contributed by atoms with Gasteiger partial charge in [0.1, 0.15) is 0 Å². The largest absolute Gasteiger partial charge is 0.449 e. The fourth-order valence-corrected chi connectivity index (χ4v) is 2.57. The number of rotatable bonds is 6. The minimum atomic E-state index is -0.154. The quantitative estimate of drug-likeness (QED) is 0.751. The van der Waals surface area contributed by atoms with Gasteiger partial charge in [0.15, 0.2) is 0 Å². The van der Waals surface area contributed by atoms with Crippen LogP contribution in [0.15, 0.2) is 30.3 Å². The van der Waals surface area contributed by atoms with Crippen molar-refractivity contribution in [3.05, 3.63) is 30.3 Å². The molecule has 1 aromatic carbocycles. The molecule has 0 atom stereocenters. The molecule has 1 amide bonds. The van der Waals surface area contributed by atoms with Gasteiger partial charge in [-0.25, -0.2) is 4.79 Å². The Morgan fingerprint density at radius 2 is 1.76 bits per heavy atom. The Labute approximate surface area is 127 Å². The Morgan fingerprint density at radius 3 is 2.43 bits per heavy atom. The standard InChI is InChI=1S/C17H26N2O2/c1-2-3-4-8-15-21-17(20)19-13-11-18(12-14-19)16-9-6-5-7-10-16/h5-7,9-10H,2-4,8,11-15H2,1H3. The van der Waals surface area contributed by atoms with Crippen LogP contribution in [0.3, 0.4) is 0 Å². The van der Waals surface area contributed by atoms with Crippen molar-refractivity contribution in [2.75, 3.05) is 37.7 Å². The average molecular weight is 290 g/mol. The highest BCUT2D eigenvalue weighted by molar-refractivity contribution is 5.68. The highest BCUT2D eigenvalue weighted by atomic mass is 16.6. The maximum atomic E-state index is 12.0. The van der Waals surface area contributed by atoms with E-state index in [1.54, 1.807) is 0 Å². The molecule has 0 unspecified atom stereocenters. The maximum absolute atomic E-state index is 12.0. The van der Waals surface area contributed by atoms with E-state index in [9.17, 15) is 4.79 Å². The predicted molar refractivity (Wildman–Crippen MR) is 85.7 cm³/mol. The molecule has 0 aliphatic carbocycles. The van der Waals surface area contributed by atoms with Crippen LogP contribution in [-0.2, 0) is 4.74 Å². The molecule has 0 saturated carbocycles. The Morgan fingerprint density at radius 1 is 1.05 bits per heavy atom. The smallest absolute Gasteiger partial charge is 0.409 e. The zero-order valence-electron chi connectivity index (χ0n) is 13.0. The molecule has 1 saturated heterocycles. The van der Waals surface area contributed by atoms with Gasteiger partial charge in [0.25, 0.3) is 0 Å². The third-order valence-electron chi connectivity index (χ3n) is 3.88. The number of piperazine rings is 1. The van der Waals surface area contributed by atoms with Gasteiger partial charge in [0, 0.05) is 31.9 Å². The molecule has 0 bridgehead atoms. The lowest BCUT2D eigenvalue weighted by molar-refractivity contribution is 0.0985. The van der Waals surface area contributed by atoms with Crippen molar-refractivity contribution in [2.45, 2.75) is 32.6 Å². The van der Waals surface area contributed by atoms with Crippen LogP contribution in [0.2, 0.25) is 0 Å². The van der Waals surface area contributed by atoms with Gasteiger partial charge in [0.05, 0.1) is 6.61 Å². The monoisotopic (exact) mass is 290 g/mol. The summed E-state index contributed by atoms with van der Waals surface area (Å²) in [6.45, 7) is 5.95. The maximum Gasteiger partial charge on any atom is 0.409 e. The summed E-state index contributed by atoms with van der Waals surface area (Å²) in [5, 5.41) is 0. The van der Waals surface area contributed by atoms with Crippen LogP contribution in [0.25, 0.3) is 0 Å². The summed E-state index contributed by atoms with van der Waals surface area (Å²) in [5.41, 5.74) is 1.23. The lowest BCUT2D eigenvalue weighted by atomic mass is 10.2. The molecule has 4 heteroatoms. The predicted octanol–water partition coefficient (Wildman–Crippen LogP) is 3.53. The Kier molecular flexibility index (Phi) is 6.38. The van der Waals surface area contributed by atoms with Crippen molar-refractivity contribution in [2.24, 2.45) is 0 Å². The Balaban J connectivity index is 1.67. The van der Waals surface area contributed by atoms with Gasteiger partial charge in [-0.3, -0.25) is 0 Å². The van der Waals surface area contributed by atoms with Crippen molar-refractivity contribution in [1.29, 1.82) is 0 Å². The van der Waals surface area contributed by atoms with Gasteiger partial charge in [-0.2, -0.15) is 0 Å². The van der Waals surface area contributed by atoms with E-state index < -0.39 is 0 Å². The number of benzene rings is 1. The van der Waals surface area contributed by atoms with Crippen LogP contribution in [0.5, 0.6) is 0 Å². The Hall–Kier alpha value is -1.71. The molecule has 0 radical (unpaired) electrons. The normalized spacial score (nSPS) is 15.1.